The van der Waals surface area contributed by atoms with Gasteiger partial charge in [0.05, 0.1) is 25.7 Å². The number of amides is 1. The Balaban J connectivity index is 2.10. The van der Waals surface area contributed by atoms with Crippen LogP contribution >= 0.6 is 0 Å². The molecule has 0 unspecified atom stereocenters. The molecule has 1 aromatic rings. The summed E-state index contributed by atoms with van der Waals surface area (Å²) in [5.74, 6) is 0.276. The van der Waals surface area contributed by atoms with Gasteiger partial charge in [0.2, 0.25) is 0 Å². The average molecular weight is 335 g/mol. The maximum Gasteiger partial charge on any atom is 0.305 e. The summed E-state index contributed by atoms with van der Waals surface area (Å²) in [6.45, 7) is 4.66. The van der Waals surface area contributed by atoms with Crippen LogP contribution in [0.4, 0.5) is 0 Å². The minimum absolute atomic E-state index is 0.0501. The maximum absolute atomic E-state index is 12.5. The van der Waals surface area contributed by atoms with E-state index in [1.807, 2.05) is 0 Å². The predicted molar refractivity (Wildman–Crippen MR) is 89.6 cm³/mol. The highest BCUT2D eigenvalue weighted by Gasteiger charge is 2.40. The number of methoxy groups -OCH3 is 1. The number of hydrogen-bond acceptors (Lipinski definition) is 4. The lowest BCUT2D eigenvalue weighted by Gasteiger charge is -2.41. The molecule has 1 fully saturated rings. The first-order valence-corrected chi connectivity index (χ1v) is 8.20. The van der Waals surface area contributed by atoms with Gasteiger partial charge < -0.3 is 19.9 Å². The van der Waals surface area contributed by atoms with E-state index in [1.165, 1.54) is 7.11 Å². The van der Waals surface area contributed by atoms with Gasteiger partial charge in [-0.3, -0.25) is 9.59 Å². The van der Waals surface area contributed by atoms with Crippen LogP contribution in [0.5, 0.6) is 11.5 Å². The van der Waals surface area contributed by atoms with Crippen LogP contribution in [0.3, 0.4) is 0 Å². The quantitative estimate of drug-likeness (QED) is 0.763. The monoisotopic (exact) mass is 335 g/mol. The third kappa shape index (κ3) is 4.40. The van der Waals surface area contributed by atoms with Crippen molar-refractivity contribution in [1.29, 1.82) is 0 Å². The van der Waals surface area contributed by atoms with Crippen molar-refractivity contribution in [1.82, 2.24) is 5.32 Å². The first-order chi connectivity index (χ1) is 11.3. The molecule has 0 aromatic heterocycles. The van der Waals surface area contributed by atoms with Gasteiger partial charge in [-0.05, 0) is 43.4 Å². The molecule has 0 atom stereocenters. The van der Waals surface area contributed by atoms with E-state index < -0.39 is 11.5 Å². The summed E-state index contributed by atoms with van der Waals surface area (Å²) in [7, 11) is 1.52. The predicted octanol–water partition coefficient (Wildman–Crippen LogP) is 2.86. The van der Waals surface area contributed by atoms with Crippen LogP contribution in [0.25, 0.3) is 0 Å². The summed E-state index contributed by atoms with van der Waals surface area (Å²) in [5, 5.41) is 11.9. The summed E-state index contributed by atoms with van der Waals surface area (Å²) in [6, 6.07) is 5.00. The largest absolute Gasteiger partial charge is 0.493 e. The fraction of sp³-hybridized carbons (Fsp3) is 0.556. The second kappa shape index (κ2) is 7.55. The summed E-state index contributed by atoms with van der Waals surface area (Å²) < 4.78 is 11.0. The molecule has 1 amide bonds. The Labute approximate surface area is 142 Å². The number of nitrogens with one attached hydrogen (secondary N) is 1. The number of hydrogen-bond donors (Lipinski definition) is 2. The normalized spacial score (nSPS) is 15.5. The molecule has 1 saturated carbocycles. The van der Waals surface area contributed by atoms with Crippen molar-refractivity contribution >= 4 is 11.9 Å². The third-order valence-corrected chi connectivity index (χ3v) is 4.18. The van der Waals surface area contributed by atoms with Gasteiger partial charge in [-0.15, -0.1) is 0 Å². The minimum atomic E-state index is -0.898. The lowest BCUT2D eigenvalue weighted by molar-refractivity contribution is -0.139. The van der Waals surface area contributed by atoms with Gasteiger partial charge in [0, 0.05) is 5.56 Å². The maximum atomic E-state index is 12.5. The molecule has 24 heavy (non-hydrogen) atoms. The van der Waals surface area contributed by atoms with Crippen molar-refractivity contribution < 1.29 is 24.2 Å². The van der Waals surface area contributed by atoms with Gasteiger partial charge in [-0.25, -0.2) is 0 Å². The fourth-order valence-electron chi connectivity index (χ4n) is 2.74. The molecule has 0 spiro atoms. The van der Waals surface area contributed by atoms with Crippen LogP contribution in [-0.4, -0.2) is 36.2 Å². The lowest BCUT2D eigenvalue weighted by atomic mass is 9.74. The highest BCUT2D eigenvalue weighted by molar-refractivity contribution is 5.95. The van der Waals surface area contributed by atoms with Gasteiger partial charge >= 0.3 is 5.97 Å². The van der Waals surface area contributed by atoms with Crippen molar-refractivity contribution in [3.8, 4) is 11.5 Å². The van der Waals surface area contributed by atoms with E-state index in [-0.39, 0.29) is 12.3 Å². The molecule has 0 aliphatic heterocycles. The van der Waals surface area contributed by atoms with Crippen LogP contribution in [0.15, 0.2) is 18.2 Å². The molecule has 0 bridgehead atoms. The van der Waals surface area contributed by atoms with E-state index in [0.29, 0.717) is 42.4 Å². The molecule has 6 nitrogen and oxygen atoms in total. The molecule has 0 radical (unpaired) electrons. The highest BCUT2D eigenvalue weighted by Crippen LogP contribution is 2.35. The average Bonchev–Trinajstić information content (AvgIpc) is 2.49. The second-order valence-electron chi connectivity index (χ2n) is 6.73. The van der Waals surface area contributed by atoms with E-state index >= 15 is 0 Å². The Kier molecular flexibility index (Phi) is 5.70. The van der Waals surface area contributed by atoms with E-state index in [0.717, 1.165) is 6.42 Å². The fourth-order valence-corrected chi connectivity index (χ4v) is 2.74. The number of aliphatic carboxylic acids is 1. The molecular formula is C18H25NO5. The van der Waals surface area contributed by atoms with Crippen molar-refractivity contribution in [2.75, 3.05) is 13.7 Å². The van der Waals surface area contributed by atoms with Crippen molar-refractivity contribution in [2.24, 2.45) is 5.92 Å². The zero-order chi connectivity index (χ0) is 17.7. The zero-order valence-corrected chi connectivity index (χ0v) is 14.4. The number of carbonyl (C=O) groups is 2. The second-order valence-corrected chi connectivity index (χ2v) is 6.73. The molecule has 1 aliphatic carbocycles. The molecule has 0 saturated heterocycles. The molecule has 2 N–H and O–H groups in total. The smallest absolute Gasteiger partial charge is 0.305 e. The van der Waals surface area contributed by atoms with Gasteiger partial charge in [0.1, 0.15) is 0 Å². The van der Waals surface area contributed by atoms with Crippen LogP contribution < -0.4 is 14.8 Å². The standard InChI is InChI=1S/C18H25NO5/c1-12(2)11-24-14-6-5-13(9-15(14)23-3)17(22)19-18(7-4-8-18)10-16(20)21/h5-6,9,12H,4,7-8,10-11H2,1-3H3,(H,19,22)(H,20,21). The van der Waals surface area contributed by atoms with Crippen LogP contribution in [0, 0.1) is 5.92 Å². The number of carbonyl (C=O) groups excluding carboxylic acids is 1. The van der Waals surface area contributed by atoms with Crippen LogP contribution in [0.2, 0.25) is 0 Å². The third-order valence-electron chi connectivity index (χ3n) is 4.18. The Morgan fingerprint density at radius 3 is 2.50 bits per heavy atom. The number of benzene rings is 1. The summed E-state index contributed by atoms with van der Waals surface area (Å²) >= 11 is 0. The SMILES string of the molecule is COc1cc(C(=O)NC2(CC(=O)O)CCC2)ccc1OCC(C)C. The Bertz CT molecular complexity index is 607. The van der Waals surface area contributed by atoms with Crippen molar-refractivity contribution in [2.45, 2.75) is 45.1 Å². The highest BCUT2D eigenvalue weighted by atomic mass is 16.5. The van der Waals surface area contributed by atoms with E-state index in [4.69, 9.17) is 14.6 Å². The summed E-state index contributed by atoms with van der Waals surface area (Å²) in [5.41, 5.74) is -0.191. The van der Waals surface area contributed by atoms with Gasteiger partial charge in [0.25, 0.3) is 5.91 Å². The van der Waals surface area contributed by atoms with Crippen molar-refractivity contribution in [3.05, 3.63) is 23.8 Å². The Morgan fingerprint density at radius 1 is 1.29 bits per heavy atom. The molecule has 0 heterocycles. The van der Waals surface area contributed by atoms with Crippen LogP contribution in [0.1, 0.15) is 49.9 Å². The zero-order valence-electron chi connectivity index (χ0n) is 14.4. The molecule has 2 rings (SSSR count). The van der Waals surface area contributed by atoms with E-state index in [1.54, 1.807) is 18.2 Å². The molecule has 6 heteroatoms. The van der Waals surface area contributed by atoms with E-state index in [9.17, 15) is 9.59 Å². The number of rotatable bonds is 8. The molecule has 1 aromatic carbocycles. The number of carboxylic acid groups (broad SMARTS) is 1. The topological polar surface area (TPSA) is 84.9 Å². The first-order valence-electron chi connectivity index (χ1n) is 8.20. The van der Waals surface area contributed by atoms with Gasteiger partial charge in [-0.2, -0.15) is 0 Å². The van der Waals surface area contributed by atoms with Gasteiger partial charge in [0.15, 0.2) is 11.5 Å². The Hall–Kier alpha value is -2.24. The van der Waals surface area contributed by atoms with Gasteiger partial charge in [-0.1, -0.05) is 13.8 Å². The summed E-state index contributed by atoms with van der Waals surface area (Å²) in [4.78, 5) is 23.5. The first kappa shape index (κ1) is 18.1. The van der Waals surface area contributed by atoms with Crippen LogP contribution in [-0.2, 0) is 4.79 Å². The lowest BCUT2D eigenvalue weighted by Crippen LogP contribution is -2.54. The van der Waals surface area contributed by atoms with Crippen molar-refractivity contribution in [3.63, 3.8) is 0 Å². The molecular weight excluding hydrogens is 310 g/mol. The summed E-state index contributed by atoms with van der Waals surface area (Å²) in [6.07, 6.45) is 2.26. The number of carboxylic acids is 1. The van der Waals surface area contributed by atoms with E-state index in [2.05, 4.69) is 19.2 Å². The minimum Gasteiger partial charge on any atom is -0.493 e. The number of ether oxygens (including phenoxy) is 2. The molecule has 132 valence electrons. The Morgan fingerprint density at radius 2 is 2.00 bits per heavy atom. The molecule has 1 aliphatic rings.